The summed E-state index contributed by atoms with van der Waals surface area (Å²) in [5.74, 6) is 0.999. The number of thiocarbonyl (C=S) groups is 1. The van der Waals surface area contributed by atoms with Crippen LogP contribution in [0.2, 0.25) is 0 Å². The molecule has 1 rings (SSSR count). The van der Waals surface area contributed by atoms with E-state index in [-0.39, 0.29) is 0 Å². The highest BCUT2D eigenvalue weighted by Gasteiger charge is 2.04. The van der Waals surface area contributed by atoms with Crippen LogP contribution in [-0.2, 0) is 0 Å². The van der Waals surface area contributed by atoms with Crippen molar-refractivity contribution in [3.63, 3.8) is 0 Å². The molecule has 0 atom stereocenters. The summed E-state index contributed by atoms with van der Waals surface area (Å²) in [6, 6.07) is 0. The van der Waals surface area contributed by atoms with Gasteiger partial charge < -0.3 is 0 Å². The Labute approximate surface area is 52.2 Å². The Morgan fingerprint density at radius 2 is 2.57 bits per heavy atom. The van der Waals surface area contributed by atoms with E-state index in [2.05, 4.69) is 4.99 Å². The van der Waals surface area contributed by atoms with E-state index >= 15 is 0 Å². The van der Waals surface area contributed by atoms with E-state index in [1.807, 2.05) is 6.92 Å². The van der Waals surface area contributed by atoms with Crippen LogP contribution in [0.3, 0.4) is 0 Å². The van der Waals surface area contributed by atoms with Crippen LogP contribution in [-0.4, -0.2) is 15.8 Å². The molecule has 3 heteroatoms. The molecule has 1 heterocycles. The van der Waals surface area contributed by atoms with Crippen molar-refractivity contribution in [1.29, 1.82) is 0 Å². The molecule has 0 spiro atoms. The van der Waals surface area contributed by atoms with Crippen LogP contribution in [0.25, 0.3) is 0 Å². The first-order valence-electron chi connectivity index (χ1n) is 2.00. The third kappa shape index (κ3) is 1.24. The Morgan fingerprint density at radius 1 is 1.86 bits per heavy atom. The van der Waals surface area contributed by atoms with Crippen LogP contribution in [0, 0.1) is 0 Å². The summed E-state index contributed by atoms with van der Waals surface area (Å²) in [6.07, 6.45) is 0. The number of hydrogen-bond acceptors (Lipinski definition) is 2. The van der Waals surface area contributed by atoms with Crippen LogP contribution in [0.1, 0.15) is 6.92 Å². The summed E-state index contributed by atoms with van der Waals surface area (Å²) in [5.41, 5.74) is 1.15. The van der Waals surface area contributed by atoms with Gasteiger partial charge in [0.1, 0.15) is 0 Å². The summed E-state index contributed by atoms with van der Waals surface area (Å²) < 4.78 is 0.789. The first-order chi connectivity index (χ1) is 3.29. The molecule has 0 bridgehead atoms. The lowest BCUT2D eigenvalue weighted by molar-refractivity contribution is 1.68. The molecule has 0 fully saturated rings. The Morgan fingerprint density at radius 3 is 2.71 bits per heavy atom. The van der Waals surface area contributed by atoms with Crippen molar-refractivity contribution in [2.75, 3.05) is 5.75 Å². The third-order valence-corrected chi connectivity index (χ3v) is 2.03. The van der Waals surface area contributed by atoms with Gasteiger partial charge in [0.05, 0.1) is 0 Å². The number of rotatable bonds is 0. The highest BCUT2D eigenvalue weighted by Crippen LogP contribution is 2.12. The largest absolute Gasteiger partial charge is 0.239 e. The molecule has 0 aromatic carbocycles. The number of nitrogens with zero attached hydrogens (tertiary/aromatic N) is 1. The zero-order valence-electron chi connectivity index (χ0n) is 3.97. The minimum Gasteiger partial charge on any atom is -0.239 e. The number of aliphatic imine (C=N–C) groups is 1. The third-order valence-electron chi connectivity index (χ3n) is 0.687. The van der Waals surface area contributed by atoms with Crippen LogP contribution in [0.5, 0.6) is 0 Å². The van der Waals surface area contributed by atoms with Crippen LogP contribution < -0.4 is 0 Å². The van der Waals surface area contributed by atoms with Gasteiger partial charge in [0.15, 0.2) is 4.32 Å². The molecule has 0 aromatic rings. The minimum atomic E-state index is 0.789. The summed E-state index contributed by atoms with van der Waals surface area (Å²) in [5, 5.41) is 0. The van der Waals surface area contributed by atoms with Crippen molar-refractivity contribution in [2.45, 2.75) is 6.92 Å². The standard InChI is InChI=1S/C4H5NS2/c1-3-2-7-4(6)5-3/h2H2,1H3. The summed E-state index contributed by atoms with van der Waals surface area (Å²) >= 11 is 6.40. The maximum absolute atomic E-state index is 4.77. The molecule has 0 saturated heterocycles. The second kappa shape index (κ2) is 1.92. The van der Waals surface area contributed by atoms with Gasteiger partial charge in [0.25, 0.3) is 0 Å². The van der Waals surface area contributed by atoms with Gasteiger partial charge in [-0.3, -0.25) is 0 Å². The van der Waals surface area contributed by atoms with Crippen LogP contribution in [0.15, 0.2) is 4.99 Å². The predicted molar refractivity (Wildman–Crippen MR) is 38.2 cm³/mol. The molecule has 1 nitrogen and oxygen atoms in total. The fourth-order valence-corrected chi connectivity index (χ4v) is 1.34. The van der Waals surface area contributed by atoms with E-state index in [1.54, 1.807) is 11.8 Å². The second-order valence-corrected chi connectivity index (χ2v) is 3.01. The lowest BCUT2D eigenvalue weighted by Crippen LogP contribution is -1.84. The lowest BCUT2D eigenvalue weighted by Gasteiger charge is -1.75. The van der Waals surface area contributed by atoms with E-state index in [0.29, 0.717) is 0 Å². The molecular formula is C4H5NS2. The zero-order chi connectivity index (χ0) is 5.28. The molecule has 0 N–H and O–H groups in total. The molecule has 0 aliphatic carbocycles. The van der Waals surface area contributed by atoms with Crippen molar-refractivity contribution in [2.24, 2.45) is 4.99 Å². The molecule has 38 valence electrons. The van der Waals surface area contributed by atoms with Crippen molar-refractivity contribution in [3.05, 3.63) is 0 Å². The minimum absolute atomic E-state index is 0.789. The van der Waals surface area contributed by atoms with Gasteiger partial charge >= 0.3 is 0 Å². The summed E-state index contributed by atoms with van der Waals surface area (Å²) in [6.45, 7) is 1.99. The van der Waals surface area contributed by atoms with Crippen LogP contribution >= 0.6 is 24.0 Å². The number of thioether (sulfide) groups is 1. The van der Waals surface area contributed by atoms with Crippen molar-refractivity contribution < 1.29 is 0 Å². The molecule has 0 amide bonds. The first-order valence-corrected chi connectivity index (χ1v) is 3.39. The predicted octanol–water partition coefficient (Wildman–Crippen LogP) is 1.48. The Bertz CT molecular complexity index is 128. The molecule has 0 radical (unpaired) electrons. The van der Waals surface area contributed by atoms with E-state index < -0.39 is 0 Å². The highest BCUT2D eigenvalue weighted by atomic mass is 32.2. The highest BCUT2D eigenvalue weighted by molar-refractivity contribution is 8.23. The van der Waals surface area contributed by atoms with Gasteiger partial charge in [-0.05, 0) is 6.92 Å². The summed E-state index contributed by atoms with van der Waals surface area (Å²) in [7, 11) is 0. The van der Waals surface area contributed by atoms with Gasteiger partial charge in [0.2, 0.25) is 0 Å². The Balaban J connectivity index is 2.67. The maximum atomic E-state index is 4.77. The number of hydrogen-bond donors (Lipinski definition) is 0. The Hall–Kier alpha value is 0.110. The normalized spacial score (nSPS) is 20.1. The average Bonchev–Trinajstić information content (AvgIpc) is 1.87. The fourth-order valence-electron chi connectivity index (χ4n) is 0.387. The van der Waals surface area contributed by atoms with Crippen molar-refractivity contribution in [1.82, 2.24) is 0 Å². The molecule has 7 heavy (non-hydrogen) atoms. The molecular weight excluding hydrogens is 126 g/mol. The molecule has 0 unspecified atom stereocenters. The molecule has 1 aliphatic heterocycles. The van der Waals surface area contributed by atoms with E-state index in [1.165, 1.54) is 0 Å². The second-order valence-electron chi connectivity index (χ2n) is 1.40. The van der Waals surface area contributed by atoms with Gasteiger partial charge in [-0.15, -0.1) is 0 Å². The molecule has 0 saturated carbocycles. The zero-order valence-corrected chi connectivity index (χ0v) is 5.60. The maximum Gasteiger partial charge on any atom is 0.160 e. The van der Waals surface area contributed by atoms with Crippen molar-refractivity contribution in [3.8, 4) is 0 Å². The van der Waals surface area contributed by atoms with Crippen LogP contribution in [0.4, 0.5) is 0 Å². The molecule has 0 aromatic heterocycles. The fraction of sp³-hybridized carbons (Fsp3) is 0.500. The smallest absolute Gasteiger partial charge is 0.160 e. The van der Waals surface area contributed by atoms with Gasteiger partial charge in [-0.25, -0.2) is 4.99 Å². The SMILES string of the molecule is CC1=NC(=S)SC1. The average molecular weight is 131 g/mol. The molecule has 1 aliphatic rings. The Kier molecular flexibility index (Phi) is 1.44. The van der Waals surface area contributed by atoms with Gasteiger partial charge in [-0.2, -0.15) is 0 Å². The van der Waals surface area contributed by atoms with E-state index in [9.17, 15) is 0 Å². The topological polar surface area (TPSA) is 12.4 Å². The van der Waals surface area contributed by atoms with E-state index in [4.69, 9.17) is 12.2 Å². The summed E-state index contributed by atoms with van der Waals surface area (Å²) in [4.78, 5) is 4.00. The van der Waals surface area contributed by atoms with Crippen molar-refractivity contribution >= 4 is 34.0 Å². The quantitative estimate of drug-likeness (QED) is 0.462. The lowest BCUT2D eigenvalue weighted by atomic mass is 10.5. The first kappa shape index (κ1) is 5.25. The monoisotopic (exact) mass is 131 g/mol. The van der Waals surface area contributed by atoms with Gasteiger partial charge in [0, 0.05) is 11.5 Å². The van der Waals surface area contributed by atoms with Gasteiger partial charge in [-0.1, -0.05) is 24.0 Å². The van der Waals surface area contributed by atoms with E-state index in [0.717, 1.165) is 15.8 Å².